The summed E-state index contributed by atoms with van der Waals surface area (Å²) in [6.45, 7) is 6.87. The van der Waals surface area contributed by atoms with Crippen LogP contribution in [-0.4, -0.2) is 34.1 Å². The Morgan fingerprint density at radius 2 is 2.17 bits per heavy atom. The second-order valence-corrected chi connectivity index (χ2v) is 8.73. The summed E-state index contributed by atoms with van der Waals surface area (Å²) in [5.74, 6) is 2.16. The number of rotatable bonds is 3. The Morgan fingerprint density at radius 1 is 1.44 bits per heavy atom. The van der Waals surface area contributed by atoms with Gasteiger partial charge in [-0.05, 0) is 30.9 Å². The van der Waals surface area contributed by atoms with Gasteiger partial charge in [0.1, 0.15) is 0 Å². The number of Topliss-reactive ketones (excluding diaryl/α,β-unsaturated/α-hetero) is 1. The zero-order valence-electron chi connectivity index (χ0n) is 11.8. The van der Waals surface area contributed by atoms with Gasteiger partial charge in [0.25, 0.3) is 0 Å². The van der Waals surface area contributed by atoms with Gasteiger partial charge in [0.2, 0.25) is 0 Å². The van der Waals surface area contributed by atoms with E-state index in [0.717, 1.165) is 12.3 Å². The second-order valence-electron chi connectivity index (χ2n) is 6.15. The van der Waals surface area contributed by atoms with Crippen LogP contribution in [0.2, 0.25) is 0 Å². The predicted octanol–water partition coefficient (Wildman–Crippen LogP) is 3.59. The van der Waals surface area contributed by atoms with Gasteiger partial charge in [-0.2, -0.15) is 11.8 Å². The van der Waals surface area contributed by atoms with Crippen LogP contribution in [0.25, 0.3) is 0 Å². The lowest BCUT2D eigenvalue weighted by atomic mass is 9.75. The molecule has 1 saturated carbocycles. The largest absolute Gasteiger partial charge is 0.356 e. The highest BCUT2D eigenvalue weighted by Gasteiger charge is 2.47. The third kappa shape index (κ3) is 3.07. The lowest BCUT2D eigenvalue weighted by Gasteiger charge is -2.49. The van der Waals surface area contributed by atoms with Crippen molar-refractivity contribution in [3.8, 4) is 0 Å². The number of ketones is 1. The maximum atomic E-state index is 12.1. The molecule has 0 spiro atoms. The summed E-state index contributed by atoms with van der Waals surface area (Å²) < 4.78 is 6.28. The molecule has 0 N–H and O–H groups in total. The van der Waals surface area contributed by atoms with Crippen molar-refractivity contribution in [2.24, 2.45) is 11.8 Å². The number of carbonyl (C=O) groups excluding carboxylic acids is 1. The molecule has 0 aromatic heterocycles. The van der Waals surface area contributed by atoms with Crippen LogP contribution in [-0.2, 0) is 9.53 Å². The van der Waals surface area contributed by atoms with Gasteiger partial charge >= 0.3 is 0 Å². The normalized spacial score (nSPS) is 39.1. The molecule has 1 saturated heterocycles. The zero-order chi connectivity index (χ0) is 13.3. The average molecular weight is 288 g/mol. The smallest absolute Gasteiger partial charge is 0.181 e. The highest BCUT2D eigenvalue weighted by molar-refractivity contribution is 8.02. The molecule has 0 radical (unpaired) electrons. The SMILES string of the molecule is CSCC(=O)[C@H]1O[C@@H]2C[C@H](C)CC[C@H]2C(C)(C)S1. The third-order valence-electron chi connectivity index (χ3n) is 4.21. The first-order valence-corrected chi connectivity index (χ1v) is 9.06. The molecule has 18 heavy (non-hydrogen) atoms. The molecule has 1 aliphatic carbocycles. The molecular weight excluding hydrogens is 264 g/mol. The summed E-state index contributed by atoms with van der Waals surface area (Å²) in [6.07, 6.45) is 5.94. The number of thioether (sulfide) groups is 2. The van der Waals surface area contributed by atoms with Crippen molar-refractivity contribution in [2.75, 3.05) is 12.0 Å². The Labute approximate surface area is 119 Å². The molecule has 1 heterocycles. The van der Waals surface area contributed by atoms with E-state index < -0.39 is 0 Å². The highest BCUT2D eigenvalue weighted by Crippen LogP contribution is 2.50. The minimum Gasteiger partial charge on any atom is -0.356 e. The predicted molar refractivity (Wildman–Crippen MR) is 80.2 cm³/mol. The van der Waals surface area contributed by atoms with Gasteiger partial charge in [-0.25, -0.2) is 0 Å². The quantitative estimate of drug-likeness (QED) is 0.793. The molecule has 0 unspecified atom stereocenters. The number of hydrogen-bond donors (Lipinski definition) is 0. The lowest BCUT2D eigenvalue weighted by molar-refractivity contribution is -0.131. The van der Waals surface area contributed by atoms with Gasteiger partial charge in [-0.1, -0.05) is 27.2 Å². The molecule has 1 aliphatic heterocycles. The zero-order valence-corrected chi connectivity index (χ0v) is 13.4. The summed E-state index contributed by atoms with van der Waals surface area (Å²) >= 11 is 3.33. The lowest BCUT2D eigenvalue weighted by Crippen LogP contribution is -2.50. The van der Waals surface area contributed by atoms with Crippen molar-refractivity contribution in [3.63, 3.8) is 0 Å². The van der Waals surface area contributed by atoms with Crippen molar-refractivity contribution in [1.82, 2.24) is 0 Å². The van der Waals surface area contributed by atoms with Crippen molar-refractivity contribution < 1.29 is 9.53 Å². The number of ether oxygens (including phenoxy) is 1. The molecule has 4 atom stereocenters. The van der Waals surface area contributed by atoms with Crippen LogP contribution in [0.5, 0.6) is 0 Å². The Morgan fingerprint density at radius 3 is 2.83 bits per heavy atom. The molecule has 0 amide bonds. The van der Waals surface area contributed by atoms with Crippen LogP contribution >= 0.6 is 23.5 Å². The minimum atomic E-state index is -0.237. The number of fused-ring (bicyclic) bond motifs is 1. The Hall–Kier alpha value is 0.330. The first-order chi connectivity index (χ1) is 8.44. The fourth-order valence-electron chi connectivity index (χ4n) is 3.18. The van der Waals surface area contributed by atoms with E-state index in [0.29, 0.717) is 17.8 Å². The molecule has 0 aromatic carbocycles. The minimum absolute atomic E-state index is 0.168. The van der Waals surface area contributed by atoms with Crippen LogP contribution in [0.1, 0.15) is 40.0 Å². The fraction of sp³-hybridized carbons (Fsp3) is 0.929. The fourth-order valence-corrected chi connectivity index (χ4v) is 5.13. The molecule has 104 valence electrons. The third-order valence-corrected chi connectivity index (χ3v) is 6.28. The van der Waals surface area contributed by atoms with Crippen LogP contribution < -0.4 is 0 Å². The summed E-state index contributed by atoms with van der Waals surface area (Å²) in [4.78, 5) is 12.1. The standard InChI is InChI=1S/C14H24O2S2/c1-9-5-6-10-12(7-9)16-13(11(15)8-17-4)18-14(10,2)3/h9-10,12-13H,5-8H2,1-4H3/t9-,10-,12-,13+/m1/s1. The number of carbonyl (C=O) groups is 1. The molecule has 2 aliphatic rings. The van der Waals surface area contributed by atoms with Gasteiger partial charge in [-0.15, -0.1) is 11.8 Å². The molecule has 2 rings (SSSR count). The maximum Gasteiger partial charge on any atom is 0.181 e. The summed E-state index contributed by atoms with van der Waals surface area (Å²) in [6, 6.07) is 0. The van der Waals surface area contributed by atoms with E-state index >= 15 is 0 Å². The van der Waals surface area contributed by atoms with Gasteiger partial charge < -0.3 is 4.74 Å². The van der Waals surface area contributed by atoms with E-state index in [9.17, 15) is 4.79 Å². The average Bonchev–Trinajstić information content (AvgIpc) is 2.27. The van der Waals surface area contributed by atoms with E-state index in [4.69, 9.17) is 4.74 Å². The van der Waals surface area contributed by atoms with Gasteiger partial charge in [-0.3, -0.25) is 4.79 Å². The van der Waals surface area contributed by atoms with Crippen molar-refractivity contribution in [3.05, 3.63) is 0 Å². The molecule has 4 heteroatoms. The van der Waals surface area contributed by atoms with Crippen molar-refractivity contribution in [1.29, 1.82) is 0 Å². The number of hydrogen-bond acceptors (Lipinski definition) is 4. The molecule has 0 bridgehead atoms. The van der Waals surface area contributed by atoms with Gasteiger partial charge in [0.05, 0.1) is 11.9 Å². The summed E-state index contributed by atoms with van der Waals surface area (Å²) in [5, 5.41) is 0. The van der Waals surface area contributed by atoms with Crippen LogP contribution in [0.15, 0.2) is 0 Å². The molecule has 0 aromatic rings. The highest BCUT2D eigenvalue weighted by atomic mass is 32.2. The maximum absolute atomic E-state index is 12.1. The first kappa shape index (κ1) is 14.7. The monoisotopic (exact) mass is 288 g/mol. The molecule has 2 nitrogen and oxygen atoms in total. The van der Waals surface area contributed by atoms with Crippen LogP contribution in [0.3, 0.4) is 0 Å². The van der Waals surface area contributed by atoms with Crippen LogP contribution in [0, 0.1) is 11.8 Å². The molecular formula is C14H24O2S2. The summed E-state index contributed by atoms with van der Waals surface area (Å²) in [5.41, 5.74) is -0.237. The van der Waals surface area contributed by atoms with Crippen molar-refractivity contribution >= 4 is 29.3 Å². The first-order valence-electron chi connectivity index (χ1n) is 6.79. The Kier molecular flexibility index (Phi) is 4.71. The van der Waals surface area contributed by atoms with Gasteiger partial charge in [0.15, 0.2) is 11.2 Å². The van der Waals surface area contributed by atoms with Crippen molar-refractivity contribution in [2.45, 2.75) is 56.3 Å². The Balaban J connectivity index is 2.09. The Bertz CT molecular complexity index is 317. The topological polar surface area (TPSA) is 26.3 Å². The van der Waals surface area contributed by atoms with E-state index in [2.05, 4.69) is 20.8 Å². The van der Waals surface area contributed by atoms with E-state index in [1.165, 1.54) is 12.8 Å². The second kappa shape index (κ2) is 5.76. The van der Waals surface area contributed by atoms with Crippen LogP contribution in [0.4, 0.5) is 0 Å². The van der Waals surface area contributed by atoms with E-state index in [-0.39, 0.29) is 16.0 Å². The van der Waals surface area contributed by atoms with Gasteiger partial charge in [0, 0.05) is 4.75 Å². The molecule has 2 fully saturated rings. The summed E-state index contributed by atoms with van der Waals surface area (Å²) in [7, 11) is 0. The van der Waals surface area contributed by atoms with E-state index in [1.54, 1.807) is 23.5 Å². The van der Waals surface area contributed by atoms with E-state index in [1.807, 2.05) is 6.26 Å².